The molecule has 2 aromatic heterocycles. The SMILES string of the molecule is COc1ccc2c(OC3CC4C(=O)NC5(C(=O)O)CC5/C=C\CCCCN(C)C(=O)N4C3)nc(-n3cccn3)cc2c1. The molecule has 4 atom stereocenters. The molecule has 2 fully saturated rings. The van der Waals surface area contributed by atoms with Crippen molar-refractivity contribution in [3.63, 3.8) is 0 Å². The number of benzene rings is 1. The van der Waals surface area contributed by atoms with Crippen LogP contribution >= 0.6 is 0 Å². The van der Waals surface area contributed by atoms with E-state index in [0.29, 0.717) is 30.4 Å². The van der Waals surface area contributed by atoms with Crippen LogP contribution in [0.1, 0.15) is 32.1 Å². The van der Waals surface area contributed by atoms with Crippen molar-refractivity contribution < 1.29 is 29.0 Å². The summed E-state index contributed by atoms with van der Waals surface area (Å²) in [6, 6.07) is 8.05. The van der Waals surface area contributed by atoms with Crippen molar-refractivity contribution in [1.82, 2.24) is 29.9 Å². The normalized spacial score (nSPS) is 27.0. The van der Waals surface area contributed by atoms with Gasteiger partial charge in [0.1, 0.15) is 23.4 Å². The van der Waals surface area contributed by atoms with Gasteiger partial charge >= 0.3 is 12.0 Å². The molecule has 6 rings (SSSR count). The highest BCUT2D eigenvalue weighted by Crippen LogP contribution is 2.45. The van der Waals surface area contributed by atoms with Crippen molar-refractivity contribution >= 4 is 28.7 Å². The van der Waals surface area contributed by atoms with Crippen LogP contribution in [0.15, 0.2) is 54.9 Å². The van der Waals surface area contributed by atoms with Crippen molar-refractivity contribution in [3.8, 4) is 17.4 Å². The van der Waals surface area contributed by atoms with Crippen LogP contribution in [-0.4, -0.2) is 92.5 Å². The fourth-order valence-corrected chi connectivity index (χ4v) is 5.88. The Morgan fingerprint density at radius 3 is 2.83 bits per heavy atom. The summed E-state index contributed by atoms with van der Waals surface area (Å²) in [6.07, 6.45) is 9.71. The third kappa shape index (κ3) is 5.12. The van der Waals surface area contributed by atoms with Crippen LogP contribution in [0.3, 0.4) is 0 Å². The van der Waals surface area contributed by atoms with E-state index >= 15 is 0 Å². The minimum Gasteiger partial charge on any atom is -0.497 e. The Labute approximate surface area is 242 Å². The molecule has 1 saturated carbocycles. The minimum atomic E-state index is -1.35. The lowest BCUT2D eigenvalue weighted by molar-refractivity contribution is -0.144. The lowest BCUT2D eigenvalue weighted by Gasteiger charge is -2.29. The number of carboxylic acid groups (broad SMARTS) is 1. The Kier molecular flexibility index (Phi) is 7.21. The molecule has 3 aliphatic rings. The van der Waals surface area contributed by atoms with E-state index in [1.807, 2.05) is 36.4 Å². The second kappa shape index (κ2) is 11.0. The molecule has 3 amide bonds. The number of hydrogen-bond acceptors (Lipinski definition) is 7. The molecule has 220 valence electrons. The Balaban J connectivity index is 1.32. The first-order valence-electron chi connectivity index (χ1n) is 14.2. The fraction of sp³-hybridized carbons (Fsp3) is 0.433. The predicted molar refractivity (Wildman–Crippen MR) is 153 cm³/mol. The summed E-state index contributed by atoms with van der Waals surface area (Å²) in [5.41, 5.74) is -1.35. The highest BCUT2D eigenvalue weighted by molar-refractivity contribution is 5.95. The van der Waals surface area contributed by atoms with Gasteiger partial charge in [-0.05, 0) is 61.4 Å². The number of carbonyl (C=O) groups excluding carboxylic acids is 2. The lowest BCUT2D eigenvalue weighted by Crippen LogP contribution is -2.54. The van der Waals surface area contributed by atoms with Gasteiger partial charge in [0.25, 0.3) is 0 Å². The Hall–Kier alpha value is -4.61. The molecule has 1 saturated heterocycles. The number of hydrogen-bond donors (Lipinski definition) is 2. The van der Waals surface area contributed by atoms with Crippen molar-refractivity contribution in [2.24, 2.45) is 5.92 Å². The number of methoxy groups -OCH3 is 1. The molecule has 0 spiro atoms. The number of allylic oxidation sites excluding steroid dienone is 1. The number of nitrogens with zero attached hydrogens (tertiary/aromatic N) is 5. The second-order valence-corrected chi connectivity index (χ2v) is 11.2. The van der Waals surface area contributed by atoms with Gasteiger partial charge in [-0.1, -0.05) is 12.2 Å². The van der Waals surface area contributed by atoms with Crippen molar-refractivity contribution in [3.05, 3.63) is 54.9 Å². The monoisotopic (exact) mass is 574 g/mol. The number of carboxylic acids is 1. The van der Waals surface area contributed by atoms with E-state index in [-0.39, 0.29) is 24.9 Å². The maximum Gasteiger partial charge on any atom is 0.330 e. The van der Waals surface area contributed by atoms with Gasteiger partial charge in [0.15, 0.2) is 5.82 Å². The standard InChI is InChI=1S/C30H34N6O6/c1-34-12-6-4-3-5-8-20-17-30(20,28(38)39)33-26(37)24-16-22(18-35(24)29(34)40)42-27-23-10-9-21(41-2)14-19(23)15-25(32-27)36-13-7-11-31-36/h5,7-11,13-15,20,22,24H,3-4,6,12,16-18H2,1-2H3,(H,33,37)(H,38,39)/b8-5-. The predicted octanol–water partition coefficient (Wildman–Crippen LogP) is 3.00. The molecule has 4 unspecified atom stereocenters. The van der Waals surface area contributed by atoms with Crippen LogP contribution in [0.5, 0.6) is 11.6 Å². The molecule has 3 aromatic rings. The molecule has 1 aliphatic carbocycles. The Bertz CT molecular complexity index is 1540. The number of aromatic nitrogens is 3. The first-order valence-corrected chi connectivity index (χ1v) is 14.2. The third-order valence-corrected chi connectivity index (χ3v) is 8.37. The molecule has 2 N–H and O–H groups in total. The average molecular weight is 575 g/mol. The van der Waals surface area contributed by atoms with E-state index in [2.05, 4.69) is 10.4 Å². The number of urea groups is 1. The van der Waals surface area contributed by atoms with Gasteiger partial charge in [-0.3, -0.25) is 4.79 Å². The zero-order valence-corrected chi connectivity index (χ0v) is 23.6. The maximum absolute atomic E-state index is 13.6. The fourth-order valence-electron chi connectivity index (χ4n) is 5.88. The van der Waals surface area contributed by atoms with E-state index < -0.39 is 29.6 Å². The topological polar surface area (TPSA) is 139 Å². The molecule has 4 heterocycles. The highest BCUT2D eigenvalue weighted by atomic mass is 16.5. The van der Waals surface area contributed by atoms with Crippen LogP contribution in [-0.2, 0) is 9.59 Å². The summed E-state index contributed by atoms with van der Waals surface area (Å²) in [6.45, 7) is 0.696. The van der Waals surface area contributed by atoms with Gasteiger partial charge in [-0.2, -0.15) is 10.1 Å². The van der Waals surface area contributed by atoms with Gasteiger partial charge in [0, 0.05) is 43.7 Å². The molecule has 1 aromatic carbocycles. The first kappa shape index (κ1) is 27.6. The van der Waals surface area contributed by atoms with E-state index in [9.17, 15) is 19.5 Å². The van der Waals surface area contributed by atoms with Gasteiger partial charge in [-0.25, -0.2) is 14.3 Å². The summed E-state index contributed by atoms with van der Waals surface area (Å²) in [7, 11) is 3.32. The van der Waals surface area contributed by atoms with Crippen LogP contribution in [0.2, 0.25) is 0 Å². The van der Waals surface area contributed by atoms with Crippen molar-refractivity contribution in [2.45, 2.75) is 49.8 Å². The van der Waals surface area contributed by atoms with E-state index in [1.165, 1.54) is 4.90 Å². The van der Waals surface area contributed by atoms with Crippen LogP contribution in [0, 0.1) is 5.92 Å². The molecule has 2 aliphatic heterocycles. The van der Waals surface area contributed by atoms with Gasteiger partial charge in [0.05, 0.1) is 13.7 Å². The summed E-state index contributed by atoms with van der Waals surface area (Å²) >= 11 is 0. The number of nitrogens with one attached hydrogen (secondary N) is 1. The molecule has 0 bridgehead atoms. The molecular weight excluding hydrogens is 540 g/mol. The van der Waals surface area contributed by atoms with E-state index in [1.54, 1.807) is 42.2 Å². The van der Waals surface area contributed by atoms with Crippen molar-refractivity contribution in [1.29, 1.82) is 0 Å². The first-order chi connectivity index (χ1) is 20.3. The van der Waals surface area contributed by atoms with Gasteiger partial charge in [-0.15, -0.1) is 0 Å². The average Bonchev–Trinajstić information content (AvgIpc) is 3.31. The van der Waals surface area contributed by atoms with E-state index in [0.717, 1.165) is 30.0 Å². The molecule has 12 heteroatoms. The molecule has 42 heavy (non-hydrogen) atoms. The summed E-state index contributed by atoms with van der Waals surface area (Å²) in [5, 5.41) is 18.6. The molecule has 12 nitrogen and oxygen atoms in total. The number of aliphatic carboxylic acids is 1. The van der Waals surface area contributed by atoms with Crippen molar-refractivity contribution in [2.75, 3.05) is 27.2 Å². The summed E-state index contributed by atoms with van der Waals surface area (Å²) in [5.74, 6) is -0.288. The third-order valence-electron chi connectivity index (χ3n) is 8.37. The Morgan fingerprint density at radius 1 is 1.21 bits per heavy atom. The highest BCUT2D eigenvalue weighted by Gasteiger charge is 2.61. The van der Waals surface area contributed by atoms with Crippen LogP contribution in [0.4, 0.5) is 4.79 Å². The largest absolute Gasteiger partial charge is 0.497 e. The zero-order valence-electron chi connectivity index (χ0n) is 23.6. The zero-order chi connectivity index (χ0) is 29.4. The number of ether oxygens (including phenoxy) is 2. The Morgan fingerprint density at radius 2 is 2.07 bits per heavy atom. The molecular formula is C30H34N6O6. The van der Waals surface area contributed by atoms with Crippen LogP contribution < -0.4 is 14.8 Å². The van der Waals surface area contributed by atoms with Gasteiger partial charge < -0.3 is 29.7 Å². The summed E-state index contributed by atoms with van der Waals surface area (Å²) < 4.78 is 13.5. The maximum atomic E-state index is 13.6. The number of fused-ring (bicyclic) bond motifs is 3. The number of rotatable bonds is 5. The number of amides is 3. The quantitative estimate of drug-likeness (QED) is 0.444. The summed E-state index contributed by atoms with van der Waals surface area (Å²) in [4.78, 5) is 47.3. The minimum absolute atomic E-state index is 0.149. The number of carbonyl (C=O) groups is 3. The molecule has 0 radical (unpaired) electrons. The smallest absolute Gasteiger partial charge is 0.330 e. The second-order valence-electron chi connectivity index (χ2n) is 11.2. The number of pyridine rings is 1. The van der Waals surface area contributed by atoms with E-state index in [4.69, 9.17) is 14.5 Å². The van der Waals surface area contributed by atoms with Gasteiger partial charge in [0.2, 0.25) is 11.8 Å². The van der Waals surface area contributed by atoms with Crippen LogP contribution in [0.25, 0.3) is 16.6 Å². The lowest BCUT2D eigenvalue weighted by atomic mass is 10.1.